The molecule has 1 fully saturated rings. The van der Waals surface area contributed by atoms with Crippen LogP contribution in [0.2, 0.25) is 0 Å². The number of likely N-dealkylation sites (tertiary alicyclic amines) is 1. The van der Waals surface area contributed by atoms with Crippen molar-refractivity contribution in [3.8, 4) is 0 Å². The van der Waals surface area contributed by atoms with Gasteiger partial charge in [0, 0.05) is 26.3 Å². The van der Waals surface area contributed by atoms with Gasteiger partial charge >= 0.3 is 0 Å². The highest BCUT2D eigenvalue weighted by molar-refractivity contribution is 5.65. The van der Waals surface area contributed by atoms with Crippen molar-refractivity contribution in [1.82, 2.24) is 9.88 Å². The number of anilines is 2. The van der Waals surface area contributed by atoms with Gasteiger partial charge in [-0.3, -0.25) is 0 Å². The second-order valence-corrected chi connectivity index (χ2v) is 5.34. The van der Waals surface area contributed by atoms with E-state index in [1.54, 1.807) is 0 Å². The number of hydrogen-bond donors (Lipinski definition) is 1. The predicted molar refractivity (Wildman–Crippen MR) is 77.3 cm³/mol. The second-order valence-electron chi connectivity index (χ2n) is 5.34. The lowest BCUT2D eigenvalue weighted by atomic mass is 10.1. The lowest BCUT2D eigenvalue weighted by Crippen LogP contribution is -2.24. The molecule has 1 aliphatic rings. The Labute approximate surface area is 110 Å². The van der Waals surface area contributed by atoms with E-state index in [4.69, 9.17) is 0 Å². The Hall–Kier alpha value is -1.29. The first-order valence-electron chi connectivity index (χ1n) is 6.74. The number of aromatic nitrogens is 1. The Morgan fingerprint density at radius 2 is 2.17 bits per heavy atom. The topological polar surface area (TPSA) is 31.4 Å². The van der Waals surface area contributed by atoms with Crippen molar-refractivity contribution in [2.45, 2.75) is 25.3 Å². The van der Waals surface area contributed by atoms with Gasteiger partial charge < -0.3 is 15.1 Å². The summed E-state index contributed by atoms with van der Waals surface area (Å²) in [5, 5.41) is 3.66. The third kappa shape index (κ3) is 3.35. The molecule has 0 saturated carbocycles. The summed E-state index contributed by atoms with van der Waals surface area (Å²) >= 11 is 0. The maximum Gasteiger partial charge on any atom is 0.151 e. The highest BCUT2D eigenvalue weighted by Gasteiger charge is 2.16. The number of nitrogens with one attached hydrogen (secondary N) is 1. The average molecular weight is 248 g/mol. The van der Waals surface area contributed by atoms with E-state index < -0.39 is 0 Å². The van der Waals surface area contributed by atoms with E-state index in [9.17, 15) is 0 Å². The lowest BCUT2D eigenvalue weighted by molar-refractivity contribution is 0.348. The molecule has 18 heavy (non-hydrogen) atoms. The molecule has 1 unspecified atom stereocenters. The fourth-order valence-corrected chi connectivity index (χ4v) is 2.47. The molecule has 0 aromatic carbocycles. The van der Waals surface area contributed by atoms with Gasteiger partial charge in [-0.2, -0.15) is 0 Å². The normalized spacial score (nSPS) is 21.4. The summed E-state index contributed by atoms with van der Waals surface area (Å²) in [5.74, 6) is 1.02. The Morgan fingerprint density at radius 3 is 2.94 bits per heavy atom. The summed E-state index contributed by atoms with van der Waals surface area (Å²) < 4.78 is 0. The summed E-state index contributed by atoms with van der Waals surface area (Å²) in [7, 11) is 6.28. The Balaban J connectivity index is 2.04. The van der Waals surface area contributed by atoms with Crippen LogP contribution in [-0.2, 0) is 0 Å². The van der Waals surface area contributed by atoms with E-state index in [2.05, 4.69) is 33.2 Å². The van der Waals surface area contributed by atoms with Crippen molar-refractivity contribution in [1.29, 1.82) is 0 Å². The maximum absolute atomic E-state index is 4.44. The fraction of sp³-hybridized carbons (Fsp3) is 0.643. The van der Waals surface area contributed by atoms with Gasteiger partial charge in [0.25, 0.3) is 0 Å². The predicted octanol–water partition coefficient (Wildman–Crippen LogP) is 2.04. The van der Waals surface area contributed by atoms with Crippen LogP contribution < -0.4 is 10.2 Å². The van der Waals surface area contributed by atoms with Gasteiger partial charge in [-0.05, 0) is 51.5 Å². The van der Waals surface area contributed by atoms with Crippen LogP contribution in [0.5, 0.6) is 0 Å². The number of rotatable bonds is 3. The van der Waals surface area contributed by atoms with Crippen molar-refractivity contribution >= 4 is 11.5 Å². The average Bonchev–Trinajstić information content (AvgIpc) is 2.55. The summed E-state index contributed by atoms with van der Waals surface area (Å²) in [6, 6.07) is 4.69. The Kier molecular flexibility index (Phi) is 4.42. The van der Waals surface area contributed by atoms with E-state index >= 15 is 0 Å². The molecule has 0 spiro atoms. The molecule has 1 N–H and O–H groups in total. The van der Waals surface area contributed by atoms with Crippen molar-refractivity contribution in [2.75, 3.05) is 44.4 Å². The first-order valence-corrected chi connectivity index (χ1v) is 6.74. The minimum absolute atomic E-state index is 0.567. The molecule has 4 nitrogen and oxygen atoms in total. The molecule has 0 aliphatic carbocycles. The smallest absolute Gasteiger partial charge is 0.151 e. The molecule has 0 bridgehead atoms. The van der Waals surface area contributed by atoms with Crippen LogP contribution in [0.1, 0.15) is 19.3 Å². The standard InChI is InChI=1S/C14H24N4/c1-17(2)14-13(7-4-9-15-14)16-12-6-5-10-18(3)11-8-12/h4,7,9,12,16H,5-6,8,10-11H2,1-3H3. The second kappa shape index (κ2) is 6.05. The van der Waals surface area contributed by atoms with E-state index in [1.165, 1.54) is 32.4 Å². The minimum Gasteiger partial charge on any atom is -0.379 e. The lowest BCUT2D eigenvalue weighted by Gasteiger charge is -2.22. The van der Waals surface area contributed by atoms with Crippen LogP contribution in [0.25, 0.3) is 0 Å². The van der Waals surface area contributed by atoms with Crippen LogP contribution in [0.15, 0.2) is 18.3 Å². The monoisotopic (exact) mass is 248 g/mol. The molecule has 0 radical (unpaired) electrons. The molecule has 2 rings (SSSR count). The summed E-state index contributed by atoms with van der Waals surface area (Å²) in [6.07, 6.45) is 5.57. The number of pyridine rings is 1. The van der Waals surface area contributed by atoms with Gasteiger partial charge in [-0.25, -0.2) is 4.98 Å². The summed E-state index contributed by atoms with van der Waals surface area (Å²) in [4.78, 5) is 8.91. The van der Waals surface area contributed by atoms with Gasteiger partial charge in [-0.1, -0.05) is 0 Å². The highest BCUT2D eigenvalue weighted by atomic mass is 15.2. The molecular weight excluding hydrogens is 224 g/mol. The van der Waals surface area contributed by atoms with Gasteiger partial charge in [0.05, 0.1) is 5.69 Å². The zero-order valence-corrected chi connectivity index (χ0v) is 11.7. The van der Waals surface area contributed by atoms with Gasteiger partial charge in [0.1, 0.15) is 0 Å². The summed E-state index contributed by atoms with van der Waals surface area (Å²) in [6.45, 7) is 2.39. The molecule has 1 aromatic heterocycles. The number of hydrogen-bond acceptors (Lipinski definition) is 4. The van der Waals surface area contributed by atoms with Crippen molar-refractivity contribution in [3.05, 3.63) is 18.3 Å². The van der Waals surface area contributed by atoms with Gasteiger partial charge in [0.15, 0.2) is 5.82 Å². The summed E-state index contributed by atoms with van der Waals surface area (Å²) in [5.41, 5.74) is 1.15. The molecule has 1 aromatic rings. The van der Waals surface area contributed by atoms with E-state index in [-0.39, 0.29) is 0 Å². The molecule has 1 saturated heterocycles. The quantitative estimate of drug-likeness (QED) is 0.887. The maximum atomic E-state index is 4.44. The highest BCUT2D eigenvalue weighted by Crippen LogP contribution is 2.23. The van der Waals surface area contributed by atoms with E-state index in [0.29, 0.717) is 6.04 Å². The van der Waals surface area contributed by atoms with Gasteiger partial charge in [0.2, 0.25) is 0 Å². The molecule has 0 amide bonds. The molecule has 1 atom stereocenters. The van der Waals surface area contributed by atoms with Crippen LogP contribution in [0, 0.1) is 0 Å². The Morgan fingerprint density at radius 1 is 1.33 bits per heavy atom. The Bertz CT molecular complexity index is 378. The van der Waals surface area contributed by atoms with Crippen molar-refractivity contribution in [3.63, 3.8) is 0 Å². The number of nitrogens with zero attached hydrogens (tertiary/aromatic N) is 3. The first-order chi connectivity index (χ1) is 8.66. The van der Waals surface area contributed by atoms with Crippen molar-refractivity contribution < 1.29 is 0 Å². The fourth-order valence-electron chi connectivity index (χ4n) is 2.47. The minimum atomic E-state index is 0.567. The van der Waals surface area contributed by atoms with Gasteiger partial charge in [-0.15, -0.1) is 0 Å². The van der Waals surface area contributed by atoms with Crippen LogP contribution in [0.3, 0.4) is 0 Å². The molecule has 2 heterocycles. The third-order valence-electron chi connectivity index (χ3n) is 3.52. The molecule has 1 aliphatic heterocycles. The van der Waals surface area contributed by atoms with Crippen LogP contribution in [-0.4, -0.2) is 50.2 Å². The molecule has 100 valence electrons. The largest absolute Gasteiger partial charge is 0.379 e. The first kappa shape index (κ1) is 13.1. The zero-order chi connectivity index (χ0) is 13.0. The van der Waals surface area contributed by atoms with Crippen molar-refractivity contribution in [2.24, 2.45) is 0 Å². The van der Waals surface area contributed by atoms with Crippen LogP contribution in [0.4, 0.5) is 11.5 Å². The SMILES string of the molecule is CN1CCCC(Nc2cccnc2N(C)C)CC1. The third-order valence-corrected chi connectivity index (χ3v) is 3.52. The van der Waals surface area contributed by atoms with E-state index in [0.717, 1.165) is 11.5 Å². The molecular formula is C14H24N4. The van der Waals surface area contributed by atoms with Crippen LogP contribution >= 0.6 is 0 Å². The molecule has 4 heteroatoms. The van der Waals surface area contributed by atoms with E-state index in [1.807, 2.05) is 26.4 Å². The zero-order valence-electron chi connectivity index (χ0n) is 11.7.